The molecule has 0 bridgehead atoms. The van der Waals surface area contributed by atoms with Gasteiger partial charge in [-0.3, -0.25) is 0 Å². The number of rotatable bonds is 4. The monoisotopic (exact) mass is 250 g/mol. The Labute approximate surface area is 108 Å². The molecule has 0 spiro atoms. The van der Waals surface area contributed by atoms with Crippen LogP contribution in [0.2, 0.25) is 5.02 Å². The molecule has 92 valence electrons. The Hall–Kier alpha value is -0.990. The standard InChI is InChI=1S/C14H19ClN2/c1-4-16-8-11-9-17(10(2)3)14-12(11)6-5-7-13(14)15/h5-7,9-10,16H,4,8H2,1-3H3. The lowest BCUT2D eigenvalue weighted by molar-refractivity contribution is 0.618. The molecule has 1 aromatic heterocycles. The van der Waals surface area contributed by atoms with Crippen LogP contribution >= 0.6 is 11.6 Å². The molecule has 3 heteroatoms. The van der Waals surface area contributed by atoms with Gasteiger partial charge in [0.1, 0.15) is 0 Å². The summed E-state index contributed by atoms with van der Waals surface area (Å²) < 4.78 is 2.25. The van der Waals surface area contributed by atoms with E-state index in [1.165, 1.54) is 10.9 Å². The van der Waals surface area contributed by atoms with E-state index >= 15 is 0 Å². The Kier molecular flexibility index (Phi) is 3.75. The molecule has 0 aliphatic rings. The van der Waals surface area contributed by atoms with Crippen molar-refractivity contribution >= 4 is 22.5 Å². The van der Waals surface area contributed by atoms with E-state index in [9.17, 15) is 0 Å². The maximum absolute atomic E-state index is 6.31. The Morgan fingerprint density at radius 1 is 1.35 bits per heavy atom. The molecule has 0 saturated heterocycles. The second kappa shape index (κ2) is 5.11. The van der Waals surface area contributed by atoms with Crippen LogP contribution in [0.4, 0.5) is 0 Å². The quantitative estimate of drug-likeness (QED) is 0.869. The van der Waals surface area contributed by atoms with Gasteiger partial charge in [0.2, 0.25) is 0 Å². The van der Waals surface area contributed by atoms with Crippen molar-refractivity contribution in [1.29, 1.82) is 0 Å². The van der Waals surface area contributed by atoms with E-state index in [4.69, 9.17) is 11.6 Å². The van der Waals surface area contributed by atoms with Crippen molar-refractivity contribution in [3.8, 4) is 0 Å². The van der Waals surface area contributed by atoms with Crippen LogP contribution in [0, 0.1) is 0 Å². The first-order chi connectivity index (χ1) is 8.15. The number of nitrogens with zero attached hydrogens (tertiary/aromatic N) is 1. The predicted molar refractivity (Wildman–Crippen MR) is 74.7 cm³/mol. The lowest BCUT2D eigenvalue weighted by Gasteiger charge is -2.09. The van der Waals surface area contributed by atoms with Crippen LogP contribution in [-0.2, 0) is 6.54 Å². The van der Waals surface area contributed by atoms with Crippen molar-refractivity contribution in [3.63, 3.8) is 0 Å². The smallest absolute Gasteiger partial charge is 0.0675 e. The molecule has 17 heavy (non-hydrogen) atoms. The van der Waals surface area contributed by atoms with E-state index in [0.717, 1.165) is 23.6 Å². The summed E-state index contributed by atoms with van der Waals surface area (Å²) in [6, 6.07) is 6.55. The molecule has 1 N–H and O–H groups in total. The molecule has 0 aliphatic heterocycles. The average Bonchev–Trinajstić information content (AvgIpc) is 2.67. The molecule has 0 atom stereocenters. The Morgan fingerprint density at radius 2 is 2.12 bits per heavy atom. The minimum atomic E-state index is 0.424. The summed E-state index contributed by atoms with van der Waals surface area (Å²) in [5.41, 5.74) is 2.47. The van der Waals surface area contributed by atoms with Crippen LogP contribution in [0.1, 0.15) is 32.4 Å². The van der Waals surface area contributed by atoms with Gasteiger partial charge in [-0.1, -0.05) is 30.7 Å². The van der Waals surface area contributed by atoms with Crippen LogP contribution in [0.5, 0.6) is 0 Å². The lowest BCUT2D eigenvalue weighted by atomic mass is 10.2. The molecular formula is C14H19ClN2. The number of aromatic nitrogens is 1. The van der Waals surface area contributed by atoms with Gasteiger partial charge in [0.15, 0.2) is 0 Å². The van der Waals surface area contributed by atoms with Gasteiger partial charge in [0, 0.05) is 24.2 Å². The van der Waals surface area contributed by atoms with Crippen LogP contribution < -0.4 is 5.32 Å². The molecule has 1 aromatic carbocycles. The number of hydrogen-bond donors (Lipinski definition) is 1. The fourth-order valence-corrected chi connectivity index (χ4v) is 2.42. The Bertz CT molecular complexity index is 514. The third kappa shape index (κ3) is 2.33. The van der Waals surface area contributed by atoms with Crippen molar-refractivity contribution in [1.82, 2.24) is 9.88 Å². The van der Waals surface area contributed by atoms with Gasteiger partial charge >= 0.3 is 0 Å². The summed E-state index contributed by atoms with van der Waals surface area (Å²) in [4.78, 5) is 0. The highest BCUT2D eigenvalue weighted by atomic mass is 35.5. The van der Waals surface area contributed by atoms with E-state index < -0.39 is 0 Å². The van der Waals surface area contributed by atoms with Crippen molar-refractivity contribution < 1.29 is 0 Å². The first-order valence-corrected chi connectivity index (χ1v) is 6.51. The SMILES string of the molecule is CCNCc1cn(C(C)C)c2c(Cl)cccc12. The van der Waals surface area contributed by atoms with Crippen LogP contribution in [0.15, 0.2) is 24.4 Å². The lowest BCUT2D eigenvalue weighted by Crippen LogP contribution is -2.11. The van der Waals surface area contributed by atoms with E-state index in [2.05, 4.69) is 42.9 Å². The molecule has 0 aliphatic carbocycles. The normalized spacial score (nSPS) is 11.6. The molecule has 0 radical (unpaired) electrons. The summed E-state index contributed by atoms with van der Waals surface area (Å²) in [6.45, 7) is 8.36. The van der Waals surface area contributed by atoms with E-state index in [-0.39, 0.29) is 0 Å². The number of nitrogens with one attached hydrogen (secondary N) is 1. The van der Waals surface area contributed by atoms with Gasteiger partial charge in [0.05, 0.1) is 10.5 Å². The highest BCUT2D eigenvalue weighted by Gasteiger charge is 2.12. The highest BCUT2D eigenvalue weighted by Crippen LogP contribution is 2.30. The minimum Gasteiger partial charge on any atom is -0.343 e. The third-order valence-electron chi connectivity index (χ3n) is 3.01. The summed E-state index contributed by atoms with van der Waals surface area (Å²) in [5, 5.41) is 5.46. The molecule has 2 aromatic rings. The van der Waals surface area contributed by atoms with Gasteiger partial charge in [-0.2, -0.15) is 0 Å². The van der Waals surface area contributed by atoms with E-state index in [0.29, 0.717) is 6.04 Å². The molecule has 0 fully saturated rings. The summed E-state index contributed by atoms with van der Waals surface area (Å²) in [6.07, 6.45) is 2.21. The topological polar surface area (TPSA) is 17.0 Å². The van der Waals surface area contributed by atoms with Crippen LogP contribution in [-0.4, -0.2) is 11.1 Å². The zero-order valence-corrected chi connectivity index (χ0v) is 11.4. The molecule has 1 heterocycles. The minimum absolute atomic E-state index is 0.424. The van der Waals surface area contributed by atoms with Crippen LogP contribution in [0.3, 0.4) is 0 Å². The van der Waals surface area contributed by atoms with Crippen molar-refractivity contribution in [2.75, 3.05) is 6.54 Å². The molecule has 0 amide bonds. The number of halogens is 1. The highest BCUT2D eigenvalue weighted by molar-refractivity contribution is 6.35. The van der Waals surface area contributed by atoms with Crippen molar-refractivity contribution in [2.24, 2.45) is 0 Å². The molecule has 0 saturated carbocycles. The van der Waals surface area contributed by atoms with Gasteiger partial charge in [-0.15, -0.1) is 0 Å². The Balaban J connectivity index is 2.58. The predicted octanol–water partition coefficient (Wildman–Crippen LogP) is 3.99. The van der Waals surface area contributed by atoms with Gasteiger partial charge in [-0.25, -0.2) is 0 Å². The first-order valence-electron chi connectivity index (χ1n) is 6.13. The average molecular weight is 251 g/mol. The van der Waals surface area contributed by atoms with Crippen LogP contribution in [0.25, 0.3) is 10.9 Å². The zero-order valence-electron chi connectivity index (χ0n) is 10.6. The molecular weight excluding hydrogens is 232 g/mol. The number of para-hydroxylation sites is 1. The zero-order chi connectivity index (χ0) is 12.4. The molecule has 2 nitrogen and oxygen atoms in total. The van der Waals surface area contributed by atoms with Crippen molar-refractivity contribution in [3.05, 3.63) is 35.0 Å². The first kappa shape index (κ1) is 12.5. The largest absolute Gasteiger partial charge is 0.343 e. The fraction of sp³-hybridized carbons (Fsp3) is 0.429. The summed E-state index contributed by atoms with van der Waals surface area (Å²) in [5.74, 6) is 0. The number of benzene rings is 1. The maximum Gasteiger partial charge on any atom is 0.0675 e. The second-order valence-electron chi connectivity index (χ2n) is 4.57. The maximum atomic E-state index is 6.31. The van der Waals surface area contributed by atoms with Gasteiger partial charge in [-0.05, 0) is 32.0 Å². The van der Waals surface area contributed by atoms with Gasteiger partial charge in [0.25, 0.3) is 0 Å². The van der Waals surface area contributed by atoms with E-state index in [1.807, 2.05) is 12.1 Å². The summed E-state index contributed by atoms with van der Waals surface area (Å²) in [7, 11) is 0. The number of hydrogen-bond acceptors (Lipinski definition) is 1. The molecule has 2 rings (SSSR count). The summed E-state index contributed by atoms with van der Waals surface area (Å²) >= 11 is 6.31. The van der Waals surface area contributed by atoms with E-state index in [1.54, 1.807) is 0 Å². The fourth-order valence-electron chi connectivity index (χ4n) is 2.15. The van der Waals surface area contributed by atoms with Gasteiger partial charge < -0.3 is 9.88 Å². The number of fused-ring (bicyclic) bond motifs is 1. The second-order valence-corrected chi connectivity index (χ2v) is 4.98. The third-order valence-corrected chi connectivity index (χ3v) is 3.31. The molecule has 0 unspecified atom stereocenters. The van der Waals surface area contributed by atoms with Crippen molar-refractivity contribution in [2.45, 2.75) is 33.4 Å². The Morgan fingerprint density at radius 3 is 2.76 bits per heavy atom.